The van der Waals surface area contributed by atoms with Crippen molar-refractivity contribution in [1.82, 2.24) is 0 Å². The number of nitrogens with zero attached hydrogens (tertiary/aromatic N) is 1. The highest BCUT2D eigenvalue weighted by Gasteiger charge is 2.37. The Morgan fingerprint density at radius 3 is 1.53 bits per heavy atom. The third-order valence-electron chi connectivity index (χ3n) is 11.1. The lowest BCUT2D eigenvalue weighted by Gasteiger charge is -2.31. The van der Waals surface area contributed by atoms with E-state index in [0.29, 0.717) is 0 Å². The minimum Gasteiger partial charge on any atom is -0.310 e. The van der Waals surface area contributed by atoms with Crippen LogP contribution in [0.1, 0.15) is 49.9 Å². The topological polar surface area (TPSA) is 3.24 Å². The lowest BCUT2D eigenvalue weighted by atomic mass is 9.82. The standard InChI is InChI=1S/C48H39N/c1-47(2)42-24-14-12-21-38(42)40-30-34(27-29-43(40)47)49(35-26-28-39-37-20-11-13-23-41(37)48(3,4)44(39)31-35)45-25-15-22-36(32-16-7-5-8-17-32)46(45)33-18-9-6-10-19-33/h5-31H,1-4H3. The Morgan fingerprint density at radius 2 is 0.837 bits per heavy atom. The fourth-order valence-electron chi connectivity index (χ4n) is 8.60. The maximum atomic E-state index is 2.50. The maximum Gasteiger partial charge on any atom is 0.0546 e. The molecular formula is C48H39N. The molecule has 0 fully saturated rings. The first-order valence-corrected chi connectivity index (χ1v) is 17.4. The molecular weight excluding hydrogens is 591 g/mol. The molecule has 0 heterocycles. The zero-order chi connectivity index (χ0) is 33.3. The van der Waals surface area contributed by atoms with E-state index in [1.54, 1.807) is 0 Å². The molecule has 7 aromatic carbocycles. The maximum absolute atomic E-state index is 2.50. The average Bonchev–Trinajstić information content (AvgIpc) is 3.51. The van der Waals surface area contributed by atoms with Crippen molar-refractivity contribution in [2.24, 2.45) is 0 Å². The second-order valence-electron chi connectivity index (χ2n) is 14.6. The van der Waals surface area contributed by atoms with Gasteiger partial charge in [0.1, 0.15) is 0 Å². The van der Waals surface area contributed by atoms with Crippen LogP contribution in [0, 0.1) is 0 Å². The van der Waals surface area contributed by atoms with Crippen LogP contribution in [-0.2, 0) is 10.8 Å². The van der Waals surface area contributed by atoms with Gasteiger partial charge >= 0.3 is 0 Å². The third kappa shape index (κ3) is 4.46. The molecule has 0 saturated carbocycles. The van der Waals surface area contributed by atoms with Crippen LogP contribution in [0.15, 0.2) is 164 Å². The van der Waals surface area contributed by atoms with E-state index in [1.165, 1.54) is 66.8 Å². The number of hydrogen-bond acceptors (Lipinski definition) is 1. The minimum atomic E-state index is -0.108. The normalized spacial score (nSPS) is 14.4. The van der Waals surface area contributed by atoms with Crippen molar-refractivity contribution in [1.29, 1.82) is 0 Å². The lowest BCUT2D eigenvalue weighted by Crippen LogP contribution is -2.17. The van der Waals surface area contributed by atoms with E-state index in [4.69, 9.17) is 0 Å². The van der Waals surface area contributed by atoms with Crippen molar-refractivity contribution in [3.63, 3.8) is 0 Å². The summed E-state index contributed by atoms with van der Waals surface area (Å²) in [6, 6.07) is 60.6. The van der Waals surface area contributed by atoms with Gasteiger partial charge in [0.2, 0.25) is 0 Å². The van der Waals surface area contributed by atoms with Crippen LogP contribution < -0.4 is 4.90 Å². The number of fused-ring (bicyclic) bond motifs is 6. The summed E-state index contributed by atoms with van der Waals surface area (Å²) in [4.78, 5) is 2.50. The fraction of sp³-hybridized carbons (Fsp3) is 0.125. The number of benzene rings is 7. The number of hydrogen-bond donors (Lipinski definition) is 0. The molecule has 0 atom stereocenters. The van der Waals surface area contributed by atoms with Gasteiger partial charge < -0.3 is 4.90 Å². The molecule has 2 aliphatic carbocycles. The van der Waals surface area contributed by atoms with Crippen LogP contribution in [0.2, 0.25) is 0 Å². The van der Waals surface area contributed by atoms with Gasteiger partial charge in [0.25, 0.3) is 0 Å². The second-order valence-corrected chi connectivity index (χ2v) is 14.6. The first-order chi connectivity index (χ1) is 23.8. The summed E-state index contributed by atoms with van der Waals surface area (Å²) in [5.41, 5.74) is 19.0. The van der Waals surface area contributed by atoms with Crippen LogP contribution in [0.4, 0.5) is 17.1 Å². The van der Waals surface area contributed by atoms with Gasteiger partial charge in [-0.2, -0.15) is 0 Å². The zero-order valence-corrected chi connectivity index (χ0v) is 28.5. The largest absolute Gasteiger partial charge is 0.310 e. The predicted octanol–water partition coefficient (Wildman–Crippen LogP) is 13.1. The quantitative estimate of drug-likeness (QED) is 0.183. The van der Waals surface area contributed by atoms with Crippen LogP contribution in [-0.4, -0.2) is 0 Å². The molecule has 7 aromatic rings. The van der Waals surface area contributed by atoms with Gasteiger partial charge in [-0.25, -0.2) is 0 Å². The van der Waals surface area contributed by atoms with E-state index in [0.717, 1.165) is 17.1 Å². The van der Waals surface area contributed by atoms with Crippen LogP contribution in [0.5, 0.6) is 0 Å². The van der Waals surface area contributed by atoms with E-state index in [2.05, 4.69) is 196 Å². The summed E-state index contributed by atoms with van der Waals surface area (Å²) in [6.45, 7) is 9.44. The van der Waals surface area contributed by atoms with Gasteiger partial charge in [-0.3, -0.25) is 0 Å². The van der Waals surface area contributed by atoms with E-state index in [-0.39, 0.29) is 10.8 Å². The monoisotopic (exact) mass is 629 g/mol. The van der Waals surface area contributed by atoms with Crippen molar-refractivity contribution in [3.8, 4) is 44.5 Å². The van der Waals surface area contributed by atoms with Crippen molar-refractivity contribution >= 4 is 17.1 Å². The first kappa shape index (κ1) is 29.5. The van der Waals surface area contributed by atoms with E-state index < -0.39 is 0 Å². The van der Waals surface area contributed by atoms with Gasteiger partial charge in [-0.1, -0.05) is 161 Å². The Hall–Kier alpha value is -5.66. The molecule has 49 heavy (non-hydrogen) atoms. The fourth-order valence-corrected chi connectivity index (χ4v) is 8.60. The average molecular weight is 630 g/mol. The molecule has 0 spiro atoms. The summed E-state index contributed by atoms with van der Waals surface area (Å²) in [5, 5.41) is 0. The lowest BCUT2D eigenvalue weighted by molar-refractivity contribution is 0.660. The molecule has 1 heteroatoms. The molecule has 0 radical (unpaired) electrons. The molecule has 0 N–H and O–H groups in total. The molecule has 0 amide bonds. The van der Waals surface area contributed by atoms with Gasteiger partial charge in [0.05, 0.1) is 5.69 Å². The van der Waals surface area contributed by atoms with Crippen molar-refractivity contribution in [2.45, 2.75) is 38.5 Å². The van der Waals surface area contributed by atoms with Crippen molar-refractivity contribution in [2.75, 3.05) is 4.90 Å². The van der Waals surface area contributed by atoms with Gasteiger partial charge in [-0.05, 0) is 91.5 Å². The summed E-state index contributed by atoms with van der Waals surface area (Å²) >= 11 is 0. The Morgan fingerprint density at radius 1 is 0.347 bits per heavy atom. The van der Waals surface area contributed by atoms with E-state index in [9.17, 15) is 0 Å². The number of anilines is 3. The van der Waals surface area contributed by atoms with Gasteiger partial charge in [-0.15, -0.1) is 0 Å². The number of rotatable bonds is 5. The van der Waals surface area contributed by atoms with Crippen molar-refractivity contribution in [3.05, 3.63) is 186 Å². The van der Waals surface area contributed by atoms with Crippen LogP contribution in [0.25, 0.3) is 44.5 Å². The summed E-state index contributed by atoms with van der Waals surface area (Å²) in [7, 11) is 0. The zero-order valence-electron chi connectivity index (χ0n) is 28.5. The van der Waals surface area contributed by atoms with E-state index >= 15 is 0 Å². The summed E-state index contributed by atoms with van der Waals surface area (Å²) < 4.78 is 0. The molecule has 1 nitrogen and oxygen atoms in total. The Balaban J connectivity index is 1.33. The summed E-state index contributed by atoms with van der Waals surface area (Å²) in [5.74, 6) is 0. The minimum absolute atomic E-state index is 0.0545. The smallest absolute Gasteiger partial charge is 0.0546 e. The van der Waals surface area contributed by atoms with Gasteiger partial charge in [0, 0.05) is 27.8 Å². The molecule has 0 bridgehead atoms. The van der Waals surface area contributed by atoms with Crippen LogP contribution >= 0.6 is 0 Å². The second kappa shape index (κ2) is 10.9. The highest BCUT2D eigenvalue weighted by molar-refractivity contribution is 5.98. The first-order valence-electron chi connectivity index (χ1n) is 17.4. The van der Waals surface area contributed by atoms with Crippen molar-refractivity contribution < 1.29 is 0 Å². The van der Waals surface area contributed by atoms with E-state index in [1.807, 2.05) is 0 Å². The predicted molar refractivity (Wildman–Crippen MR) is 207 cm³/mol. The molecule has 0 saturated heterocycles. The van der Waals surface area contributed by atoms with Crippen LogP contribution in [0.3, 0.4) is 0 Å². The highest BCUT2D eigenvalue weighted by atomic mass is 15.1. The van der Waals surface area contributed by atoms with Gasteiger partial charge in [0.15, 0.2) is 0 Å². The molecule has 0 aliphatic heterocycles. The Kier molecular flexibility index (Phi) is 6.58. The Bertz CT molecular complexity index is 2380. The molecule has 2 aliphatic rings. The molecule has 0 unspecified atom stereocenters. The highest BCUT2D eigenvalue weighted by Crippen LogP contribution is 2.54. The third-order valence-corrected chi connectivity index (χ3v) is 11.1. The SMILES string of the molecule is CC1(C)c2ccccc2-c2cc(N(c3ccc4c(c3)C(C)(C)c3ccccc3-4)c3cccc(-c4ccccc4)c3-c3ccccc3)ccc21. The molecule has 0 aromatic heterocycles. The Labute approximate surface area is 290 Å². The molecule has 9 rings (SSSR count). The summed E-state index contributed by atoms with van der Waals surface area (Å²) in [6.07, 6.45) is 0. The molecule has 236 valence electrons.